The van der Waals surface area contributed by atoms with Crippen molar-refractivity contribution in [1.82, 2.24) is 4.90 Å². The molecule has 2 aromatic carbocycles. The number of likely N-dealkylation sites (tertiary alicyclic amines) is 1. The third kappa shape index (κ3) is 4.93. The van der Waals surface area contributed by atoms with E-state index in [-0.39, 0.29) is 5.91 Å². The first-order valence-electron chi connectivity index (χ1n) is 8.94. The monoisotopic (exact) mass is 322 g/mol. The highest BCUT2D eigenvalue weighted by Gasteiger charge is 2.22. The van der Waals surface area contributed by atoms with Crippen molar-refractivity contribution in [3.8, 4) is 0 Å². The molecule has 0 aromatic heterocycles. The van der Waals surface area contributed by atoms with Crippen molar-refractivity contribution >= 4 is 11.6 Å². The summed E-state index contributed by atoms with van der Waals surface area (Å²) in [5, 5.41) is 2.98. The Hall–Kier alpha value is -2.13. The maximum absolute atomic E-state index is 12.2. The number of anilines is 1. The fourth-order valence-corrected chi connectivity index (χ4v) is 3.46. The van der Waals surface area contributed by atoms with Gasteiger partial charge in [0.15, 0.2) is 0 Å². The second-order valence-electron chi connectivity index (χ2n) is 6.54. The number of nitrogens with zero attached hydrogens (tertiary/aromatic N) is 1. The largest absolute Gasteiger partial charge is 0.326 e. The van der Waals surface area contributed by atoms with E-state index >= 15 is 0 Å². The number of benzene rings is 2. The fraction of sp³-hybridized carbons (Fsp3) is 0.381. The molecule has 0 aliphatic carbocycles. The fourth-order valence-electron chi connectivity index (χ4n) is 3.46. The lowest BCUT2D eigenvalue weighted by Gasteiger charge is -2.35. The van der Waals surface area contributed by atoms with Crippen LogP contribution in [0.1, 0.15) is 31.2 Å². The highest BCUT2D eigenvalue weighted by Crippen LogP contribution is 2.21. The van der Waals surface area contributed by atoms with E-state index in [4.69, 9.17) is 0 Å². The lowest BCUT2D eigenvalue weighted by molar-refractivity contribution is -0.116. The molecule has 2 aromatic rings. The molecule has 126 valence electrons. The zero-order valence-corrected chi connectivity index (χ0v) is 14.2. The van der Waals surface area contributed by atoms with Crippen LogP contribution in [-0.4, -0.2) is 29.9 Å². The molecule has 1 heterocycles. The van der Waals surface area contributed by atoms with Gasteiger partial charge in [0, 0.05) is 24.7 Å². The Balaban J connectivity index is 1.51. The summed E-state index contributed by atoms with van der Waals surface area (Å²) in [5.74, 6) is 0.102. The van der Waals surface area contributed by atoms with E-state index in [1.165, 1.54) is 24.8 Å². The number of hydrogen-bond acceptors (Lipinski definition) is 2. The smallest absolute Gasteiger partial charge is 0.225 e. The summed E-state index contributed by atoms with van der Waals surface area (Å²) in [4.78, 5) is 14.7. The first kappa shape index (κ1) is 16.7. The van der Waals surface area contributed by atoms with E-state index in [1.54, 1.807) is 0 Å². The third-order valence-electron chi connectivity index (χ3n) is 4.75. The minimum absolute atomic E-state index is 0.102. The number of carbonyl (C=O) groups is 1. The second-order valence-corrected chi connectivity index (χ2v) is 6.54. The molecule has 1 N–H and O–H groups in total. The molecule has 0 bridgehead atoms. The first-order chi connectivity index (χ1) is 11.8. The number of rotatable bonds is 6. The van der Waals surface area contributed by atoms with Crippen molar-refractivity contribution in [2.75, 3.05) is 18.4 Å². The summed E-state index contributed by atoms with van der Waals surface area (Å²) in [7, 11) is 0. The molecule has 1 fully saturated rings. The highest BCUT2D eigenvalue weighted by molar-refractivity contribution is 5.90. The lowest BCUT2D eigenvalue weighted by Crippen LogP contribution is -2.42. The van der Waals surface area contributed by atoms with Crippen LogP contribution in [0.2, 0.25) is 0 Å². The number of para-hydroxylation sites is 1. The molecule has 0 spiro atoms. The predicted octanol–water partition coefficient (Wildman–Crippen LogP) is 4.11. The lowest BCUT2D eigenvalue weighted by atomic mass is 9.95. The molecule has 0 saturated carbocycles. The molecule has 3 rings (SSSR count). The van der Waals surface area contributed by atoms with Crippen molar-refractivity contribution in [2.45, 2.75) is 38.1 Å². The molecule has 1 aliphatic rings. The van der Waals surface area contributed by atoms with Crippen molar-refractivity contribution < 1.29 is 4.79 Å². The molecule has 3 heteroatoms. The van der Waals surface area contributed by atoms with Gasteiger partial charge in [-0.15, -0.1) is 0 Å². The predicted molar refractivity (Wildman–Crippen MR) is 99.0 cm³/mol. The van der Waals surface area contributed by atoms with Gasteiger partial charge in [-0.2, -0.15) is 0 Å². The van der Waals surface area contributed by atoms with Gasteiger partial charge in [0.05, 0.1) is 0 Å². The van der Waals surface area contributed by atoms with Gasteiger partial charge in [-0.05, 0) is 43.5 Å². The summed E-state index contributed by atoms with van der Waals surface area (Å²) in [6.45, 7) is 1.95. The molecule has 1 amide bonds. The SMILES string of the molecule is O=C(CCN1CCCCC1Cc1ccccc1)Nc1ccccc1. The topological polar surface area (TPSA) is 32.3 Å². The molecule has 24 heavy (non-hydrogen) atoms. The van der Waals surface area contributed by atoms with Gasteiger partial charge in [0.1, 0.15) is 0 Å². The molecular weight excluding hydrogens is 296 g/mol. The van der Waals surface area contributed by atoms with Crippen LogP contribution in [0, 0.1) is 0 Å². The molecule has 1 aliphatic heterocycles. The van der Waals surface area contributed by atoms with Gasteiger partial charge in [-0.25, -0.2) is 0 Å². The molecular formula is C21H26N2O. The standard InChI is InChI=1S/C21H26N2O/c24-21(22-19-11-5-2-6-12-19)14-16-23-15-8-7-13-20(23)17-18-9-3-1-4-10-18/h1-6,9-12,20H,7-8,13-17H2,(H,22,24). The normalized spacial score (nSPS) is 18.2. The Labute approximate surface area is 144 Å². The number of carbonyl (C=O) groups excluding carboxylic acids is 1. The van der Waals surface area contributed by atoms with Crippen LogP contribution in [0.3, 0.4) is 0 Å². The summed E-state index contributed by atoms with van der Waals surface area (Å²) >= 11 is 0. The summed E-state index contributed by atoms with van der Waals surface area (Å²) in [5.41, 5.74) is 2.27. The van der Waals surface area contributed by atoms with Crippen LogP contribution >= 0.6 is 0 Å². The Morgan fingerprint density at radius 3 is 2.46 bits per heavy atom. The Morgan fingerprint density at radius 1 is 1.00 bits per heavy atom. The average molecular weight is 322 g/mol. The van der Waals surface area contributed by atoms with E-state index in [1.807, 2.05) is 30.3 Å². The van der Waals surface area contributed by atoms with Crippen LogP contribution in [0.25, 0.3) is 0 Å². The number of amides is 1. The number of hydrogen-bond donors (Lipinski definition) is 1. The Bertz CT molecular complexity index is 627. The maximum Gasteiger partial charge on any atom is 0.225 e. The van der Waals surface area contributed by atoms with Gasteiger partial charge >= 0.3 is 0 Å². The average Bonchev–Trinajstić information content (AvgIpc) is 2.63. The highest BCUT2D eigenvalue weighted by atomic mass is 16.1. The van der Waals surface area contributed by atoms with E-state index < -0.39 is 0 Å². The van der Waals surface area contributed by atoms with Crippen LogP contribution in [0.5, 0.6) is 0 Å². The second kappa shape index (κ2) is 8.65. The zero-order valence-electron chi connectivity index (χ0n) is 14.2. The summed E-state index contributed by atoms with van der Waals surface area (Å²) in [6, 6.07) is 20.9. The van der Waals surface area contributed by atoms with Gasteiger partial charge in [0.25, 0.3) is 0 Å². The summed E-state index contributed by atoms with van der Waals surface area (Å²) < 4.78 is 0. The van der Waals surface area contributed by atoms with Gasteiger partial charge in [0.2, 0.25) is 5.91 Å². The Kier molecular flexibility index (Phi) is 6.02. The quantitative estimate of drug-likeness (QED) is 0.868. The van der Waals surface area contributed by atoms with Crippen molar-refractivity contribution in [1.29, 1.82) is 0 Å². The summed E-state index contributed by atoms with van der Waals surface area (Å²) in [6.07, 6.45) is 5.41. The zero-order chi connectivity index (χ0) is 16.6. The van der Waals surface area contributed by atoms with E-state index in [0.717, 1.165) is 25.2 Å². The van der Waals surface area contributed by atoms with Gasteiger partial charge in [-0.3, -0.25) is 9.69 Å². The minimum Gasteiger partial charge on any atom is -0.326 e. The minimum atomic E-state index is 0.102. The molecule has 1 unspecified atom stereocenters. The van der Waals surface area contributed by atoms with Crippen LogP contribution < -0.4 is 5.32 Å². The van der Waals surface area contributed by atoms with E-state index in [9.17, 15) is 4.79 Å². The molecule has 1 saturated heterocycles. The molecule has 0 radical (unpaired) electrons. The Morgan fingerprint density at radius 2 is 1.71 bits per heavy atom. The van der Waals surface area contributed by atoms with Crippen LogP contribution in [-0.2, 0) is 11.2 Å². The van der Waals surface area contributed by atoms with Crippen LogP contribution in [0.4, 0.5) is 5.69 Å². The van der Waals surface area contributed by atoms with Crippen molar-refractivity contribution in [2.24, 2.45) is 0 Å². The molecule has 3 nitrogen and oxygen atoms in total. The number of piperidine rings is 1. The van der Waals surface area contributed by atoms with Crippen molar-refractivity contribution in [3.63, 3.8) is 0 Å². The first-order valence-corrected chi connectivity index (χ1v) is 8.94. The number of nitrogens with one attached hydrogen (secondary N) is 1. The molecule has 1 atom stereocenters. The third-order valence-corrected chi connectivity index (χ3v) is 4.75. The maximum atomic E-state index is 12.2. The van der Waals surface area contributed by atoms with Gasteiger partial charge < -0.3 is 5.32 Å². The van der Waals surface area contributed by atoms with E-state index in [2.05, 4.69) is 40.5 Å². The van der Waals surface area contributed by atoms with Gasteiger partial charge in [-0.1, -0.05) is 55.0 Å². The van der Waals surface area contributed by atoms with E-state index in [0.29, 0.717) is 12.5 Å². The van der Waals surface area contributed by atoms with Crippen LogP contribution in [0.15, 0.2) is 60.7 Å². The van der Waals surface area contributed by atoms with Crippen molar-refractivity contribution in [3.05, 3.63) is 66.2 Å².